The van der Waals surface area contributed by atoms with Gasteiger partial charge in [0.15, 0.2) is 5.78 Å². The number of amides is 3. The highest BCUT2D eigenvalue weighted by atomic mass is 16.2. The molecule has 1 N–H and O–H groups in total. The second-order valence-corrected chi connectivity index (χ2v) is 7.84. The second kappa shape index (κ2) is 7.84. The molecular weight excluding hydrogens is 416 g/mol. The van der Waals surface area contributed by atoms with Gasteiger partial charge in [-0.3, -0.25) is 24.6 Å². The van der Waals surface area contributed by atoms with E-state index in [-0.39, 0.29) is 16.9 Å². The van der Waals surface area contributed by atoms with Gasteiger partial charge in [-0.2, -0.15) is 5.01 Å². The van der Waals surface area contributed by atoms with Gasteiger partial charge in [-0.05, 0) is 42.6 Å². The van der Waals surface area contributed by atoms with E-state index in [0.29, 0.717) is 27.5 Å². The largest absolute Gasteiger partial charge is 0.289 e. The lowest BCUT2D eigenvalue weighted by Crippen LogP contribution is -2.51. The van der Waals surface area contributed by atoms with Crippen molar-refractivity contribution in [2.75, 3.05) is 0 Å². The van der Waals surface area contributed by atoms with Gasteiger partial charge in [0.05, 0.1) is 11.1 Å². The molecule has 6 heteroatoms. The van der Waals surface area contributed by atoms with Gasteiger partial charge in [0.25, 0.3) is 17.7 Å². The van der Waals surface area contributed by atoms with E-state index >= 15 is 0 Å². The standard InChI is InChI=1S/C27H18N2O4/c1-16-10-12-18(13-11-16)25(31)28-29-26(32)21-9-5-8-19-20(14-15-22(23(19)21)27(29)33)24(30)17-6-3-2-4-7-17/h2-15H,1H3,(H,28,31). The number of imide groups is 1. The summed E-state index contributed by atoms with van der Waals surface area (Å²) < 4.78 is 0. The van der Waals surface area contributed by atoms with Crippen LogP contribution in [0.1, 0.15) is 52.6 Å². The van der Waals surface area contributed by atoms with Crippen LogP contribution in [0.4, 0.5) is 0 Å². The van der Waals surface area contributed by atoms with Gasteiger partial charge in [-0.25, -0.2) is 0 Å². The van der Waals surface area contributed by atoms with Crippen molar-refractivity contribution in [3.8, 4) is 0 Å². The Hall–Kier alpha value is -4.58. The summed E-state index contributed by atoms with van der Waals surface area (Å²) in [5.74, 6) is -2.07. The molecule has 160 valence electrons. The van der Waals surface area contributed by atoms with Crippen molar-refractivity contribution in [1.29, 1.82) is 0 Å². The molecular formula is C27H18N2O4. The van der Waals surface area contributed by atoms with Gasteiger partial charge < -0.3 is 0 Å². The van der Waals surface area contributed by atoms with E-state index in [1.165, 1.54) is 6.07 Å². The molecule has 4 aromatic carbocycles. The van der Waals surface area contributed by atoms with Crippen LogP contribution in [0.25, 0.3) is 10.8 Å². The minimum absolute atomic E-state index is 0.200. The minimum atomic E-state index is -0.650. The number of carbonyl (C=O) groups excluding carboxylic acids is 4. The smallest absolute Gasteiger partial charge is 0.280 e. The van der Waals surface area contributed by atoms with E-state index in [1.54, 1.807) is 72.8 Å². The van der Waals surface area contributed by atoms with Crippen molar-refractivity contribution in [2.45, 2.75) is 6.92 Å². The van der Waals surface area contributed by atoms with Crippen LogP contribution in [0.5, 0.6) is 0 Å². The first-order valence-corrected chi connectivity index (χ1v) is 10.4. The summed E-state index contributed by atoms with van der Waals surface area (Å²) in [6.07, 6.45) is 0. The van der Waals surface area contributed by atoms with Crippen molar-refractivity contribution in [2.24, 2.45) is 0 Å². The molecule has 4 aromatic rings. The van der Waals surface area contributed by atoms with Crippen molar-refractivity contribution in [3.63, 3.8) is 0 Å². The van der Waals surface area contributed by atoms with E-state index in [2.05, 4.69) is 5.43 Å². The Bertz CT molecular complexity index is 1430. The molecule has 0 fully saturated rings. The zero-order chi connectivity index (χ0) is 23.1. The maximum atomic E-state index is 13.2. The molecule has 33 heavy (non-hydrogen) atoms. The monoisotopic (exact) mass is 434 g/mol. The molecule has 1 aliphatic rings. The topological polar surface area (TPSA) is 83.6 Å². The molecule has 0 spiro atoms. The van der Waals surface area contributed by atoms with E-state index in [1.807, 2.05) is 13.0 Å². The summed E-state index contributed by atoms with van der Waals surface area (Å²) in [6.45, 7) is 1.90. The lowest BCUT2D eigenvalue weighted by molar-refractivity contribution is 0.0478. The number of hydrogen-bond donors (Lipinski definition) is 1. The van der Waals surface area contributed by atoms with Crippen molar-refractivity contribution >= 4 is 34.3 Å². The van der Waals surface area contributed by atoms with E-state index in [4.69, 9.17) is 0 Å². The Kier molecular flexibility index (Phi) is 4.83. The third-order valence-electron chi connectivity index (χ3n) is 5.72. The van der Waals surface area contributed by atoms with Crippen LogP contribution >= 0.6 is 0 Å². The van der Waals surface area contributed by atoms with Gasteiger partial charge in [-0.1, -0.05) is 60.2 Å². The average molecular weight is 434 g/mol. The predicted octanol–water partition coefficient (Wildman–Crippen LogP) is 4.32. The van der Waals surface area contributed by atoms with Crippen LogP contribution in [0, 0.1) is 6.92 Å². The van der Waals surface area contributed by atoms with E-state index in [0.717, 1.165) is 10.6 Å². The quantitative estimate of drug-likeness (QED) is 0.383. The number of ketones is 1. The number of nitrogens with one attached hydrogen (secondary N) is 1. The third kappa shape index (κ3) is 3.38. The molecule has 5 rings (SSSR count). The zero-order valence-corrected chi connectivity index (χ0v) is 17.7. The lowest BCUT2D eigenvalue weighted by Gasteiger charge is -2.27. The molecule has 1 heterocycles. The summed E-state index contributed by atoms with van der Waals surface area (Å²) in [6, 6.07) is 23.7. The summed E-state index contributed by atoms with van der Waals surface area (Å²) in [5, 5.41) is 1.66. The Morgan fingerprint density at radius 2 is 1.36 bits per heavy atom. The first kappa shape index (κ1) is 20.3. The van der Waals surface area contributed by atoms with E-state index in [9.17, 15) is 19.2 Å². The van der Waals surface area contributed by atoms with Crippen molar-refractivity contribution in [3.05, 3.63) is 118 Å². The summed E-state index contributed by atoms with van der Waals surface area (Å²) in [7, 11) is 0. The Morgan fingerprint density at radius 3 is 2.06 bits per heavy atom. The predicted molar refractivity (Wildman–Crippen MR) is 123 cm³/mol. The number of carbonyl (C=O) groups is 4. The first-order chi connectivity index (χ1) is 16.0. The number of hydrogen-bond acceptors (Lipinski definition) is 4. The fourth-order valence-corrected chi connectivity index (χ4v) is 4.01. The molecule has 0 saturated carbocycles. The van der Waals surface area contributed by atoms with Crippen LogP contribution in [0.3, 0.4) is 0 Å². The Labute approximate surface area is 189 Å². The molecule has 0 atom stereocenters. The molecule has 0 aliphatic carbocycles. The molecule has 0 unspecified atom stereocenters. The molecule has 0 saturated heterocycles. The Balaban J connectivity index is 1.56. The van der Waals surface area contributed by atoms with Crippen LogP contribution in [0.2, 0.25) is 0 Å². The van der Waals surface area contributed by atoms with Gasteiger partial charge >= 0.3 is 0 Å². The van der Waals surface area contributed by atoms with Crippen LogP contribution in [-0.4, -0.2) is 28.5 Å². The highest BCUT2D eigenvalue weighted by molar-refractivity contribution is 6.29. The fourth-order valence-electron chi connectivity index (χ4n) is 4.01. The molecule has 0 aromatic heterocycles. The highest BCUT2D eigenvalue weighted by Gasteiger charge is 2.35. The number of hydrazine groups is 1. The third-order valence-corrected chi connectivity index (χ3v) is 5.72. The van der Waals surface area contributed by atoms with Crippen molar-refractivity contribution < 1.29 is 19.2 Å². The summed E-state index contributed by atoms with van der Waals surface area (Å²) >= 11 is 0. The average Bonchev–Trinajstić information content (AvgIpc) is 2.85. The van der Waals surface area contributed by atoms with Gasteiger partial charge in [0.1, 0.15) is 0 Å². The molecule has 1 aliphatic heterocycles. The van der Waals surface area contributed by atoms with Crippen molar-refractivity contribution in [1.82, 2.24) is 10.4 Å². The number of benzene rings is 4. The van der Waals surface area contributed by atoms with Crippen LogP contribution < -0.4 is 5.43 Å². The number of aryl methyl sites for hydroxylation is 1. The highest BCUT2D eigenvalue weighted by Crippen LogP contribution is 2.32. The van der Waals surface area contributed by atoms with Crippen LogP contribution in [-0.2, 0) is 0 Å². The molecule has 0 bridgehead atoms. The summed E-state index contributed by atoms with van der Waals surface area (Å²) in [5.41, 5.74) is 5.15. The fraction of sp³-hybridized carbons (Fsp3) is 0.0370. The molecule has 3 amide bonds. The first-order valence-electron chi connectivity index (χ1n) is 10.4. The normalized spacial score (nSPS) is 12.7. The maximum absolute atomic E-state index is 13.2. The number of nitrogens with zero attached hydrogens (tertiary/aromatic N) is 1. The summed E-state index contributed by atoms with van der Waals surface area (Å²) in [4.78, 5) is 52.2. The van der Waals surface area contributed by atoms with Gasteiger partial charge in [0.2, 0.25) is 0 Å². The SMILES string of the molecule is Cc1ccc(C(=O)NN2C(=O)c3cccc4c(C(=O)c5ccccc5)ccc(c34)C2=O)cc1. The molecule has 0 radical (unpaired) electrons. The van der Waals surface area contributed by atoms with Gasteiger partial charge in [-0.15, -0.1) is 0 Å². The van der Waals surface area contributed by atoms with Crippen LogP contribution in [0.15, 0.2) is 84.9 Å². The van der Waals surface area contributed by atoms with Gasteiger partial charge in [0, 0.05) is 22.1 Å². The number of rotatable bonds is 4. The lowest BCUT2D eigenvalue weighted by atomic mass is 9.89. The zero-order valence-electron chi connectivity index (χ0n) is 17.7. The second-order valence-electron chi connectivity index (χ2n) is 7.84. The Morgan fingerprint density at radius 1 is 0.697 bits per heavy atom. The van der Waals surface area contributed by atoms with E-state index < -0.39 is 17.7 Å². The molecule has 6 nitrogen and oxygen atoms in total. The maximum Gasteiger partial charge on any atom is 0.280 e. The minimum Gasteiger partial charge on any atom is -0.289 e.